The third kappa shape index (κ3) is 3.66. The number of aromatic nitrogens is 2. The van der Waals surface area contributed by atoms with Crippen LogP contribution in [0.3, 0.4) is 0 Å². The average molecular weight is 342 g/mol. The number of hydrogen-bond donors (Lipinski definition) is 0. The quantitative estimate of drug-likeness (QED) is 0.855. The molecule has 1 aliphatic heterocycles. The molecular weight excluding hydrogens is 326 g/mol. The van der Waals surface area contributed by atoms with Crippen LogP contribution in [0.1, 0.15) is 29.1 Å². The molecular formula is C14H16ClN3O3S. The Morgan fingerprint density at radius 2 is 2.45 bits per heavy atom. The molecule has 1 saturated heterocycles. The molecule has 0 aromatic carbocycles. The number of carbonyl (C=O) groups is 1. The molecule has 0 radical (unpaired) electrons. The Balaban J connectivity index is 1.55. The fraction of sp³-hybridized carbons (Fsp3) is 0.500. The third-order valence-electron chi connectivity index (χ3n) is 3.46. The van der Waals surface area contributed by atoms with Gasteiger partial charge in [-0.3, -0.25) is 4.79 Å². The molecule has 2 aromatic heterocycles. The van der Waals surface area contributed by atoms with Gasteiger partial charge in [0.15, 0.2) is 0 Å². The maximum absolute atomic E-state index is 12.3. The highest BCUT2D eigenvalue weighted by Crippen LogP contribution is 2.23. The van der Waals surface area contributed by atoms with Gasteiger partial charge in [0.2, 0.25) is 17.6 Å². The second kappa shape index (κ2) is 6.76. The van der Waals surface area contributed by atoms with Crippen molar-refractivity contribution in [3.63, 3.8) is 0 Å². The minimum Gasteiger partial charge on any atom is -0.366 e. The van der Waals surface area contributed by atoms with E-state index in [1.165, 1.54) is 0 Å². The molecule has 1 unspecified atom stereocenters. The van der Waals surface area contributed by atoms with Crippen LogP contribution in [0.5, 0.6) is 0 Å². The standard InChI is InChI=1S/C14H16ClN3O3S/c1-9-16-14(17-21-9)12-7-18(4-5-20-12)13(19)3-2-11-6-10(15)8-22-11/h6,8,12H,2-5,7H2,1H3. The molecule has 1 amide bonds. The number of morpholine rings is 1. The molecule has 0 saturated carbocycles. The predicted octanol–water partition coefficient (Wildman–Crippen LogP) is 2.63. The summed E-state index contributed by atoms with van der Waals surface area (Å²) in [5.74, 6) is 1.11. The Morgan fingerprint density at radius 3 is 3.14 bits per heavy atom. The summed E-state index contributed by atoms with van der Waals surface area (Å²) >= 11 is 7.47. The Bertz CT molecular complexity index is 657. The van der Waals surface area contributed by atoms with Crippen molar-refractivity contribution in [1.29, 1.82) is 0 Å². The number of nitrogens with zero attached hydrogens (tertiary/aromatic N) is 3. The van der Waals surface area contributed by atoms with E-state index in [1.807, 2.05) is 11.4 Å². The number of carbonyl (C=O) groups excluding carboxylic acids is 1. The Labute approximate surface area is 137 Å². The molecule has 1 fully saturated rings. The molecule has 0 aliphatic carbocycles. The smallest absolute Gasteiger partial charge is 0.223 e. The Morgan fingerprint density at radius 1 is 1.59 bits per heavy atom. The molecule has 118 valence electrons. The van der Waals surface area contributed by atoms with E-state index in [0.717, 1.165) is 9.90 Å². The van der Waals surface area contributed by atoms with Crippen molar-refractivity contribution in [3.05, 3.63) is 33.1 Å². The Hall–Kier alpha value is -1.44. The highest BCUT2D eigenvalue weighted by molar-refractivity contribution is 7.10. The van der Waals surface area contributed by atoms with Crippen molar-refractivity contribution in [1.82, 2.24) is 15.0 Å². The van der Waals surface area contributed by atoms with Crippen LogP contribution in [-0.4, -0.2) is 40.6 Å². The number of hydrogen-bond acceptors (Lipinski definition) is 6. The SMILES string of the molecule is Cc1nc(C2CN(C(=O)CCc3cc(Cl)cs3)CCO2)no1. The normalized spacial score (nSPS) is 18.6. The summed E-state index contributed by atoms with van der Waals surface area (Å²) in [6, 6.07) is 1.91. The van der Waals surface area contributed by atoms with Gasteiger partial charge < -0.3 is 14.2 Å². The largest absolute Gasteiger partial charge is 0.366 e. The van der Waals surface area contributed by atoms with E-state index in [2.05, 4.69) is 10.1 Å². The average Bonchev–Trinajstić information content (AvgIpc) is 3.13. The monoisotopic (exact) mass is 341 g/mol. The van der Waals surface area contributed by atoms with Crippen LogP contribution in [0.4, 0.5) is 0 Å². The van der Waals surface area contributed by atoms with Crippen molar-refractivity contribution < 1.29 is 14.1 Å². The molecule has 0 N–H and O–H groups in total. The minimum atomic E-state index is -0.314. The summed E-state index contributed by atoms with van der Waals surface area (Å²) in [6.45, 7) is 3.27. The van der Waals surface area contributed by atoms with E-state index in [-0.39, 0.29) is 12.0 Å². The van der Waals surface area contributed by atoms with Crippen LogP contribution in [0.2, 0.25) is 5.02 Å². The number of rotatable bonds is 4. The number of thiophene rings is 1. The number of ether oxygens (including phenoxy) is 1. The molecule has 2 aromatic rings. The third-order valence-corrected chi connectivity index (χ3v) is 4.80. The summed E-state index contributed by atoms with van der Waals surface area (Å²) in [6.07, 6.45) is 0.861. The molecule has 1 atom stereocenters. The molecule has 6 nitrogen and oxygen atoms in total. The summed E-state index contributed by atoms with van der Waals surface area (Å²) < 4.78 is 10.6. The first kappa shape index (κ1) is 15.5. The van der Waals surface area contributed by atoms with Gasteiger partial charge in [-0.05, 0) is 12.5 Å². The van der Waals surface area contributed by atoms with Gasteiger partial charge in [-0.2, -0.15) is 4.98 Å². The van der Waals surface area contributed by atoms with Gasteiger partial charge in [0.1, 0.15) is 6.10 Å². The number of halogens is 1. The van der Waals surface area contributed by atoms with Gasteiger partial charge in [-0.1, -0.05) is 16.8 Å². The maximum Gasteiger partial charge on any atom is 0.223 e. The van der Waals surface area contributed by atoms with E-state index in [1.54, 1.807) is 23.2 Å². The summed E-state index contributed by atoms with van der Waals surface area (Å²) in [4.78, 5) is 19.4. The summed E-state index contributed by atoms with van der Waals surface area (Å²) in [5, 5.41) is 6.48. The Kier molecular flexibility index (Phi) is 4.75. The molecule has 0 bridgehead atoms. The fourth-order valence-electron chi connectivity index (χ4n) is 2.35. The molecule has 1 aliphatic rings. The minimum absolute atomic E-state index is 0.109. The first-order valence-corrected chi connectivity index (χ1v) is 8.30. The van der Waals surface area contributed by atoms with Gasteiger partial charge >= 0.3 is 0 Å². The molecule has 22 heavy (non-hydrogen) atoms. The van der Waals surface area contributed by atoms with Crippen LogP contribution in [0.25, 0.3) is 0 Å². The van der Waals surface area contributed by atoms with Crippen molar-refractivity contribution in [2.45, 2.75) is 25.9 Å². The van der Waals surface area contributed by atoms with Crippen LogP contribution >= 0.6 is 22.9 Å². The predicted molar refractivity (Wildman–Crippen MR) is 82.0 cm³/mol. The van der Waals surface area contributed by atoms with E-state index in [0.29, 0.717) is 44.3 Å². The van der Waals surface area contributed by atoms with Gasteiger partial charge in [-0.15, -0.1) is 11.3 Å². The van der Waals surface area contributed by atoms with E-state index in [9.17, 15) is 4.79 Å². The summed E-state index contributed by atoms with van der Waals surface area (Å²) in [5.41, 5.74) is 0. The zero-order chi connectivity index (χ0) is 15.5. The van der Waals surface area contributed by atoms with Crippen LogP contribution in [0, 0.1) is 6.92 Å². The van der Waals surface area contributed by atoms with Gasteiger partial charge in [-0.25, -0.2) is 0 Å². The van der Waals surface area contributed by atoms with E-state index < -0.39 is 0 Å². The van der Waals surface area contributed by atoms with Gasteiger partial charge in [0.25, 0.3) is 0 Å². The zero-order valence-corrected chi connectivity index (χ0v) is 13.7. The van der Waals surface area contributed by atoms with E-state index >= 15 is 0 Å². The fourth-order valence-corrected chi connectivity index (χ4v) is 3.43. The highest BCUT2D eigenvalue weighted by Gasteiger charge is 2.28. The van der Waals surface area contributed by atoms with E-state index in [4.69, 9.17) is 20.9 Å². The topological polar surface area (TPSA) is 68.5 Å². The number of aryl methyl sites for hydroxylation is 2. The lowest BCUT2D eigenvalue weighted by Crippen LogP contribution is -2.42. The lowest BCUT2D eigenvalue weighted by atomic mass is 10.2. The second-order valence-corrected chi connectivity index (χ2v) is 6.53. The van der Waals surface area contributed by atoms with Crippen LogP contribution in [-0.2, 0) is 16.0 Å². The van der Waals surface area contributed by atoms with Crippen LogP contribution < -0.4 is 0 Å². The summed E-state index contributed by atoms with van der Waals surface area (Å²) in [7, 11) is 0. The lowest BCUT2D eigenvalue weighted by molar-refractivity contribution is -0.139. The highest BCUT2D eigenvalue weighted by atomic mass is 35.5. The van der Waals surface area contributed by atoms with Crippen molar-refractivity contribution in [2.75, 3.05) is 19.7 Å². The molecule has 3 heterocycles. The van der Waals surface area contributed by atoms with Crippen molar-refractivity contribution >= 4 is 28.8 Å². The molecule has 3 rings (SSSR count). The zero-order valence-electron chi connectivity index (χ0n) is 12.1. The second-order valence-electron chi connectivity index (χ2n) is 5.10. The van der Waals surface area contributed by atoms with Gasteiger partial charge in [0.05, 0.1) is 18.2 Å². The lowest BCUT2D eigenvalue weighted by Gasteiger charge is -2.31. The number of amides is 1. The van der Waals surface area contributed by atoms with Crippen molar-refractivity contribution in [3.8, 4) is 0 Å². The van der Waals surface area contributed by atoms with Crippen LogP contribution in [0.15, 0.2) is 16.0 Å². The first-order chi connectivity index (χ1) is 10.6. The van der Waals surface area contributed by atoms with Gasteiger partial charge in [0, 0.05) is 30.1 Å². The maximum atomic E-state index is 12.3. The molecule has 0 spiro atoms. The first-order valence-electron chi connectivity index (χ1n) is 7.04. The van der Waals surface area contributed by atoms with Crippen molar-refractivity contribution in [2.24, 2.45) is 0 Å². The molecule has 8 heteroatoms.